The molecule has 0 saturated carbocycles. The van der Waals surface area contributed by atoms with Gasteiger partial charge in [0, 0.05) is 42.8 Å². The van der Waals surface area contributed by atoms with Crippen LogP contribution in [0.5, 0.6) is 11.5 Å². The lowest BCUT2D eigenvalue weighted by Crippen LogP contribution is -2.38. The van der Waals surface area contributed by atoms with Gasteiger partial charge in [0.1, 0.15) is 30.0 Å². The fourth-order valence-corrected chi connectivity index (χ4v) is 4.38. The van der Waals surface area contributed by atoms with Crippen LogP contribution in [-0.2, 0) is 11.3 Å². The van der Waals surface area contributed by atoms with Crippen molar-refractivity contribution in [3.8, 4) is 28.7 Å². The number of carbonyl (C=O) groups excluding carboxylic acids is 1. The molecule has 2 aromatic heterocycles. The van der Waals surface area contributed by atoms with Gasteiger partial charge in [-0.3, -0.25) is 4.79 Å². The Kier molecular flexibility index (Phi) is 8.61. The number of methoxy groups -OCH3 is 1. The van der Waals surface area contributed by atoms with Crippen LogP contribution in [0.15, 0.2) is 55.1 Å². The molecule has 0 radical (unpaired) electrons. The molecular weight excluding hydrogens is 526 g/mol. The maximum Gasteiger partial charge on any atom is 0.251 e. The number of nitriles is 1. The minimum absolute atomic E-state index is 0.103. The summed E-state index contributed by atoms with van der Waals surface area (Å²) in [7, 11) is 1.54. The van der Waals surface area contributed by atoms with E-state index in [9.17, 15) is 10.1 Å². The summed E-state index contributed by atoms with van der Waals surface area (Å²) in [5, 5.41) is 26.8. The molecule has 1 aliphatic rings. The number of aromatic nitrogens is 6. The van der Waals surface area contributed by atoms with Crippen molar-refractivity contribution in [2.75, 3.05) is 25.6 Å². The Morgan fingerprint density at radius 3 is 2.66 bits per heavy atom. The van der Waals surface area contributed by atoms with Crippen molar-refractivity contribution in [3.63, 3.8) is 0 Å². The van der Waals surface area contributed by atoms with Crippen molar-refractivity contribution >= 4 is 17.5 Å². The van der Waals surface area contributed by atoms with Crippen molar-refractivity contribution in [2.45, 2.75) is 38.5 Å². The predicted molar refractivity (Wildman–Crippen MR) is 148 cm³/mol. The third-order valence-corrected chi connectivity index (χ3v) is 6.52. The van der Waals surface area contributed by atoms with Crippen LogP contribution >= 0.6 is 0 Å². The Labute approximate surface area is 236 Å². The summed E-state index contributed by atoms with van der Waals surface area (Å²) < 4.78 is 18.5. The molecule has 0 spiro atoms. The molecule has 13 nitrogen and oxygen atoms in total. The second-order valence-electron chi connectivity index (χ2n) is 9.48. The minimum Gasteiger partial charge on any atom is -0.495 e. The number of benzene rings is 2. The number of hydrogen-bond acceptors (Lipinski definition) is 11. The summed E-state index contributed by atoms with van der Waals surface area (Å²) >= 11 is 0. The highest BCUT2D eigenvalue weighted by atomic mass is 16.5. The van der Waals surface area contributed by atoms with E-state index in [-0.39, 0.29) is 18.1 Å². The number of tetrazole rings is 1. The van der Waals surface area contributed by atoms with E-state index in [1.807, 2.05) is 13.0 Å². The number of carbonyl (C=O) groups is 1. The van der Waals surface area contributed by atoms with E-state index in [0.29, 0.717) is 54.0 Å². The van der Waals surface area contributed by atoms with Gasteiger partial charge in [-0.25, -0.2) is 14.6 Å². The van der Waals surface area contributed by atoms with Gasteiger partial charge in [0.25, 0.3) is 5.91 Å². The molecule has 4 aromatic rings. The second kappa shape index (κ2) is 12.8. The Bertz CT molecular complexity index is 1510. The Hall–Kier alpha value is -5.09. The average molecular weight is 556 g/mol. The van der Waals surface area contributed by atoms with E-state index in [0.717, 1.165) is 24.0 Å². The summed E-state index contributed by atoms with van der Waals surface area (Å²) in [5.41, 5.74) is 3.06. The van der Waals surface area contributed by atoms with Gasteiger partial charge in [-0.1, -0.05) is 6.07 Å². The first kappa shape index (κ1) is 27.5. The minimum atomic E-state index is -0.280. The normalized spacial score (nSPS) is 14.1. The van der Waals surface area contributed by atoms with E-state index in [1.54, 1.807) is 54.5 Å². The van der Waals surface area contributed by atoms with Crippen LogP contribution in [0.1, 0.15) is 35.7 Å². The summed E-state index contributed by atoms with van der Waals surface area (Å²) in [6, 6.07) is 12.7. The van der Waals surface area contributed by atoms with Gasteiger partial charge in [0.15, 0.2) is 0 Å². The highest BCUT2D eigenvalue weighted by Gasteiger charge is 2.18. The Balaban J connectivity index is 1.26. The van der Waals surface area contributed by atoms with Crippen LogP contribution in [-0.4, -0.2) is 68.6 Å². The lowest BCUT2D eigenvalue weighted by atomic mass is 10.1. The maximum atomic E-state index is 12.7. The molecular formula is C28H29N9O4. The zero-order valence-electron chi connectivity index (χ0n) is 22.6. The largest absolute Gasteiger partial charge is 0.495 e. The monoisotopic (exact) mass is 555 g/mol. The standard InChI is InChI=1S/C28H29N9O4/c1-18(16-37-17-32-35-36-37)41-25-11-19(3-4-21(25)13-29)22-14-30-28(31-15-22)34-24-6-5-20(12-26(24)39-2)27(38)33-23-7-9-40-10-8-23/h3-6,11-12,14-15,17-18,23H,7-10,16H2,1-2H3,(H,33,38)(H,30,31,34). The van der Waals surface area contributed by atoms with Crippen molar-refractivity contribution < 1.29 is 19.0 Å². The van der Waals surface area contributed by atoms with Crippen LogP contribution < -0.4 is 20.1 Å². The molecule has 1 saturated heterocycles. The number of amides is 1. The lowest BCUT2D eigenvalue weighted by Gasteiger charge is -2.23. The molecule has 210 valence electrons. The molecule has 1 aliphatic heterocycles. The van der Waals surface area contributed by atoms with Gasteiger partial charge in [-0.15, -0.1) is 5.10 Å². The van der Waals surface area contributed by atoms with Crippen LogP contribution in [0, 0.1) is 11.3 Å². The van der Waals surface area contributed by atoms with Gasteiger partial charge in [0.2, 0.25) is 5.95 Å². The fraction of sp³-hybridized carbons (Fsp3) is 0.321. The summed E-state index contributed by atoms with van der Waals surface area (Å²) in [6.07, 6.45) is 6.17. The van der Waals surface area contributed by atoms with Crippen molar-refractivity contribution in [2.24, 2.45) is 0 Å². The van der Waals surface area contributed by atoms with Crippen LogP contribution in [0.2, 0.25) is 0 Å². The molecule has 1 fully saturated rings. The molecule has 13 heteroatoms. The maximum absolute atomic E-state index is 12.7. The van der Waals surface area contributed by atoms with Gasteiger partial charge in [-0.05, 0) is 66.1 Å². The van der Waals surface area contributed by atoms with Gasteiger partial charge < -0.3 is 24.8 Å². The fourth-order valence-electron chi connectivity index (χ4n) is 4.38. The van der Waals surface area contributed by atoms with E-state index in [2.05, 4.69) is 42.2 Å². The molecule has 2 aromatic carbocycles. The summed E-state index contributed by atoms with van der Waals surface area (Å²) in [5.74, 6) is 1.13. The second-order valence-corrected chi connectivity index (χ2v) is 9.48. The molecule has 2 N–H and O–H groups in total. The Morgan fingerprint density at radius 2 is 1.95 bits per heavy atom. The van der Waals surface area contributed by atoms with Crippen molar-refractivity contribution in [3.05, 3.63) is 66.2 Å². The quantitative estimate of drug-likeness (QED) is 0.296. The smallest absolute Gasteiger partial charge is 0.251 e. The first-order valence-corrected chi connectivity index (χ1v) is 13.1. The number of nitrogens with one attached hydrogen (secondary N) is 2. The molecule has 3 heterocycles. The van der Waals surface area contributed by atoms with Gasteiger partial charge >= 0.3 is 0 Å². The first-order chi connectivity index (χ1) is 20.0. The third-order valence-electron chi connectivity index (χ3n) is 6.52. The third kappa shape index (κ3) is 6.92. The zero-order chi connectivity index (χ0) is 28.6. The van der Waals surface area contributed by atoms with E-state index >= 15 is 0 Å². The highest BCUT2D eigenvalue weighted by molar-refractivity contribution is 5.95. The molecule has 1 atom stereocenters. The van der Waals surface area contributed by atoms with Gasteiger partial charge in [0.05, 0.1) is 24.9 Å². The molecule has 5 rings (SSSR count). The first-order valence-electron chi connectivity index (χ1n) is 13.1. The number of anilines is 2. The number of hydrogen-bond donors (Lipinski definition) is 2. The topological polar surface area (TPSA) is 162 Å². The number of nitrogens with zero attached hydrogens (tertiary/aromatic N) is 7. The molecule has 0 bridgehead atoms. The van der Waals surface area contributed by atoms with E-state index in [4.69, 9.17) is 14.2 Å². The van der Waals surface area contributed by atoms with Crippen LogP contribution in [0.25, 0.3) is 11.1 Å². The zero-order valence-corrected chi connectivity index (χ0v) is 22.6. The number of rotatable bonds is 10. The van der Waals surface area contributed by atoms with Crippen molar-refractivity contribution in [1.29, 1.82) is 5.26 Å². The SMILES string of the molecule is COc1cc(C(=O)NC2CCOCC2)ccc1Nc1ncc(-c2ccc(C#N)c(OC(C)Cn3cnnn3)c2)cn1. The van der Waals surface area contributed by atoms with Crippen molar-refractivity contribution in [1.82, 2.24) is 35.5 Å². The Morgan fingerprint density at radius 1 is 1.15 bits per heavy atom. The molecule has 1 amide bonds. The lowest BCUT2D eigenvalue weighted by molar-refractivity contribution is 0.0696. The molecule has 1 unspecified atom stereocenters. The van der Waals surface area contributed by atoms with Crippen LogP contribution in [0.3, 0.4) is 0 Å². The predicted octanol–water partition coefficient (Wildman–Crippen LogP) is 3.13. The van der Waals surface area contributed by atoms with E-state index < -0.39 is 0 Å². The van der Waals surface area contributed by atoms with E-state index in [1.165, 1.54) is 6.33 Å². The number of ether oxygens (including phenoxy) is 3. The molecule has 41 heavy (non-hydrogen) atoms. The van der Waals surface area contributed by atoms with Crippen LogP contribution in [0.4, 0.5) is 11.6 Å². The van der Waals surface area contributed by atoms with Gasteiger partial charge in [-0.2, -0.15) is 5.26 Å². The summed E-state index contributed by atoms with van der Waals surface area (Å²) in [4.78, 5) is 21.6. The highest BCUT2D eigenvalue weighted by Crippen LogP contribution is 2.30. The average Bonchev–Trinajstić information content (AvgIpc) is 3.51. The summed E-state index contributed by atoms with van der Waals surface area (Å²) in [6.45, 7) is 3.60. The molecule has 0 aliphatic carbocycles.